The topological polar surface area (TPSA) is 32.3 Å². The van der Waals surface area contributed by atoms with Crippen LogP contribution in [0.5, 0.6) is 0 Å². The number of piperidine rings is 1. The Balaban J connectivity index is 1.82. The SMILES string of the molecule is CC(=O)NCCC1CCCCN1C1CCCCC1. The third kappa shape index (κ3) is 3.98. The van der Waals surface area contributed by atoms with E-state index in [1.807, 2.05) is 0 Å². The van der Waals surface area contributed by atoms with Gasteiger partial charge in [-0.2, -0.15) is 0 Å². The molecule has 3 heteroatoms. The minimum atomic E-state index is 0.107. The van der Waals surface area contributed by atoms with Crippen molar-refractivity contribution >= 4 is 5.91 Å². The van der Waals surface area contributed by atoms with Crippen LogP contribution in [0.3, 0.4) is 0 Å². The van der Waals surface area contributed by atoms with Gasteiger partial charge in [-0.1, -0.05) is 25.7 Å². The molecule has 2 rings (SSSR count). The lowest BCUT2D eigenvalue weighted by molar-refractivity contribution is -0.119. The molecule has 1 atom stereocenters. The molecule has 1 aliphatic carbocycles. The van der Waals surface area contributed by atoms with Crippen molar-refractivity contribution in [2.24, 2.45) is 0 Å². The van der Waals surface area contributed by atoms with Gasteiger partial charge in [-0.05, 0) is 38.6 Å². The number of nitrogens with one attached hydrogen (secondary N) is 1. The summed E-state index contributed by atoms with van der Waals surface area (Å²) in [6, 6.07) is 1.55. The van der Waals surface area contributed by atoms with E-state index in [2.05, 4.69) is 10.2 Å². The molecule has 3 nitrogen and oxygen atoms in total. The molecule has 0 aromatic rings. The average molecular weight is 252 g/mol. The first-order chi connectivity index (χ1) is 8.77. The summed E-state index contributed by atoms with van der Waals surface area (Å²) in [5.41, 5.74) is 0. The van der Waals surface area contributed by atoms with Crippen LogP contribution < -0.4 is 5.32 Å². The van der Waals surface area contributed by atoms with Crippen LogP contribution in [0.25, 0.3) is 0 Å². The van der Waals surface area contributed by atoms with Crippen molar-refractivity contribution in [1.82, 2.24) is 10.2 Å². The largest absolute Gasteiger partial charge is 0.356 e. The van der Waals surface area contributed by atoms with Crippen molar-refractivity contribution in [2.45, 2.75) is 76.8 Å². The van der Waals surface area contributed by atoms with Crippen LogP contribution in [0.4, 0.5) is 0 Å². The molecule has 1 amide bonds. The van der Waals surface area contributed by atoms with Crippen LogP contribution in [0.15, 0.2) is 0 Å². The third-order valence-electron chi connectivity index (χ3n) is 4.57. The zero-order valence-electron chi connectivity index (χ0n) is 11.8. The van der Waals surface area contributed by atoms with Gasteiger partial charge in [0.05, 0.1) is 0 Å². The van der Waals surface area contributed by atoms with E-state index in [4.69, 9.17) is 0 Å². The van der Waals surface area contributed by atoms with E-state index in [1.54, 1.807) is 6.92 Å². The molecule has 18 heavy (non-hydrogen) atoms. The smallest absolute Gasteiger partial charge is 0.216 e. The highest BCUT2D eigenvalue weighted by Crippen LogP contribution is 2.29. The summed E-state index contributed by atoms with van der Waals surface area (Å²) in [6.07, 6.45) is 12.3. The lowest BCUT2D eigenvalue weighted by Gasteiger charge is -2.43. The second-order valence-electron chi connectivity index (χ2n) is 5.95. The number of nitrogens with zero attached hydrogens (tertiary/aromatic N) is 1. The van der Waals surface area contributed by atoms with Crippen molar-refractivity contribution < 1.29 is 4.79 Å². The Morgan fingerprint density at radius 2 is 1.83 bits per heavy atom. The molecule has 1 aliphatic heterocycles. The minimum Gasteiger partial charge on any atom is -0.356 e. The minimum absolute atomic E-state index is 0.107. The highest BCUT2D eigenvalue weighted by molar-refractivity contribution is 5.72. The first-order valence-corrected chi connectivity index (χ1v) is 7.77. The zero-order chi connectivity index (χ0) is 12.8. The van der Waals surface area contributed by atoms with Crippen LogP contribution in [0.2, 0.25) is 0 Å². The van der Waals surface area contributed by atoms with Crippen LogP contribution in [-0.4, -0.2) is 36.0 Å². The van der Waals surface area contributed by atoms with Gasteiger partial charge in [0.25, 0.3) is 0 Å². The zero-order valence-corrected chi connectivity index (χ0v) is 11.8. The Morgan fingerprint density at radius 1 is 1.11 bits per heavy atom. The lowest BCUT2D eigenvalue weighted by Crippen LogP contribution is -2.48. The van der Waals surface area contributed by atoms with Crippen molar-refractivity contribution in [2.75, 3.05) is 13.1 Å². The monoisotopic (exact) mass is 252 g/mol. The Kier molecular flexibility index (Phi) is 5.48. The number of hydrogen-bond acceptors (Lipinski definition) is 2. The molecule has 0 bridgehead atoms. The third-order valence-corrected chi connectivity index (χ3v) is 4.57. The van der Waals surface area contributed by atoms with Crippen LogP contribution in [-0.2, 0) is 4.79 Å². The maximum Gasteiger partial charge on any atom is 0.216 e. The molecular weight excluding hydrogens is 224 g/mol. The number of likely N-dealkylation sites (tertiary alicyclic amines) is 1. The molecule has 1 unspecified atom stereocenters. The van der Waals surface area contributed by atoms with Gasteiger partial charge < -0.3 is 5.32 Å². The number of amides is 1. The summed E-state index contributed by atoms with van der Waals surface area (Å²) in [5.74, 6) is 0.107. The molecule has 1 N–H and O–H groups in total. The highest BCUT2D eigenvalue weighted by atomic mass is 16.1. The molecular formula is C15H28N2O. The fourth-order valence-corrected chi connectivity index (χ4v) is 3.64. The van der Waals surface area contributed by atoms with Gasteiger partial charge in [-0.25, -0.2) is 0 Å². The van der Waals surface area contributed by atoms with E-state index < -0.39 is 0 Å². The molecule has 1 saturated carbocycles. The van der Waals surface area contributed by atoms with Crippen LogP contribution in [0, 0.1) is 0 Å². The van der Waals surface area contributed by atoms with Gasteiger partial charge in [-0.15, -0.1) is 0 Å². The van der Waals surface area contributed by atoms with E-state index in [-0.39, 0.29) is 5.91 Å². The van der Waals surface area contributed by atoms with E-state index in [0.717, 1.165) is 19.0 Å². The molecule has 0 spiro atoms. The summed E-state index contributed by atoms with van der Waals surface area (Å²) >= 11 is 0. The van der Waals surface area contributed by atoms with Gasteiger partial charge in [0.2, 0.25) is 5.91 Å². The maximum atomic E-state index is 10.9. The number of carbonyl (C=O) groups is 1. The van der Waals surface area contributed by atoms with Gasteiger partial charge >= 0.3 is 0 Å². The Hall–Kier alpha value is -0.570. The number of carbonyl (C=O) groups excluding carboxylic acids is 1. The normalized spacial score (nSPS) is 27.1. The molecule has 0 radical (unpaired) electrons. The summed E-state index contributed by atoms with van der Waals surface area (Å²) in [7, 11) is 0. The van der Waals surface area contributed by atoms with Gasteiger partial charge in [0, 0.05) is 25.6 Å². The standard InChI is InChI=1S/C15H28N2O/c1-13(18)16-11-10-15-9-5-6-12-17(15)14-7-3-2-4-8-14/h14-15H,2-12H2,1H3,(H,16,18). The summed E-state index contributed by atoms with van der Waals surface area (Å²) in [6.45, 7) is 3.75. The Morgan fingerprint density at radius 3 is 2.56 bits per heavy atom. The van der Waals surface area contributed by atoms with Gasteiger partial charge in [0.15, 0.2) is 0 Å². The number of hydrogen-bond donors (Lipinski definition) is 1. The first-order valence-electron chi connectivity index (χ1n) is 7.77. The molecule has 1 saturated heterocycles. The van der Waals surface area contributed by atoms with Crippen molar-refractivity contribution in [1.29, 1.82) is 0 Å². The molecule has 0 aromatic heterocycles. The van der Waals surface area contributed by atoms with Gasteiger partial charge in [-0.3, -0.25) is 9.69 Å². The summed E-state index contributed by atoms with van der Waals surface area (Å²) in [4.78, 5) is 13.7. The first kappa shape index (κ1) is 13.9. The summed E-state index contributed by atoms with van der Waals surface area (Å²) < 4.78 is 0. The second-order valence-corrected chi connectivity index (χ2v) is 5.95. The van der Waals surface area contributed by atoms with Crippen molar-refractivity contribution in [3.8, 4) is 0 Å². The lowest BCUT2D eigenvalue weighted by atomic mass is 9.89. The van der Waals surface area contributed by atoms with Crippen molar-refractivity contribution in [3.63, 3.8) is 0 Å². The van der Waals surface area contributed by atoms with Crippen molar-refractivity contribution in [3.05, 3.63) is 0 Å². The molecule has 1 heterocycles. The average Bonchev–Trinajstić information content (AvgIpc) is 2.40. The molecule has 104 valence electrons. The second kappa shape index (κ2) is 7.13. The molecule has 2 aliphatic rings. The highest BCUT2D eigenvalue weighted by Gasteiger charge is 2.29. The van der Waals surface area contributed by atoms with Crippen LogP contribution >= 0.6 is 0 Å². The van der Waals surface area contributed by atoms with E-state index in [0.29, 0.717) is 6.04 Å². The van der Waals surface area contributed by atoms with Gasteiger partial charge in [0.1, 0.15) is 0 Å². The Bertz CT molecular complexity index is 261. The number of rotatable bonds is 4. The van der Waals surface area contributed by atoms with E-state index >= 15 is 0 Å². The summed E-state index contributed by atoms with van der Waals surface area (Å²) in [5, 5.41) is 2.95. The fourth-order valence-electron chi connectivity index (χ4n) is 3.64. The Labute approximate surface area is 111 Å². The van der Waals surface area contributed by atoms with Crippen LogP contribution in [0.1, 0.15) is 64.7 Å². The van der Waals surface area contributed by atoms with E-state index in [9.17, 15) is 4.79 Å². The maximum absolute atomic E-state index is 10.9. The predicted molar refractivity (Wildman–Crippen MR) is 74.5 cm³/mol. The molecule has 2 fully saturated rings. The fraction of sp³-hybridized carbons (Fsp3) is 0.933. The predicted octanol–water partition coefficient (Wildman–Crippen LogP) is 2.70. The molecule has 0 aromatic carbocycles. The quantitative estimate of drug-likeness (QED) is 0.834. The van der Waals surface area contributed by atoms with E-state index in [1.165, 1.54) is 57.9 Å².